The van der Waals surface area contributed by atoms with Gasteiger partial charge in [-0.2, -0.15) is 40.6 Å². The highest BCUT2D eigenvalue weighted by Gasteiger charge is 2.32. The molecule has 3 aromatic carbocycles. The number of nitrogen functional groups attached to an aromatic ring is 3. The topological polar surface area (TPSA) is 499 Å². The SMILES string of the molecule is C.C.C.CS(=O)(=O)N1CCC(Oc2nc(Cn3nc(-c4cn[nH]c4)c4c(N)ncnc43)cc3cccc(Cl)c23)CC1.CS(=O)(=O)N1CCC(Oc2nc(Cn3nc(-c4cn[nH]c4)c4c(N)ncnc43)nc3ccccc23)CC1.Cc1cccc2nc(Cn3nc(-c4cn[nH]c4)c4c(N)ncnc43)nc(OC3CCN(S(C)(=O)=O)CC3)c12. The van der Waals surface area contributed by atoms with Crippen molar-refractivity contribution in [2.45, 2.75) is 106 Å². The predicted molar refractivity (Wildman–Crippen MR) is 440 cm³/mol. The van der Waals surface area contributed by atoms with Crippen LogP contribution in [0.3, 0.4) is 0 Å². The molecule has 42 heteroatoms. The third-order valence-corrected chi connectivity index (χ3v) is 23.9. The van der Waals surface area contributed by atoms with Gasteiger partial charge in [0, 0.05) is 74.5 Å². The van der Waals surface area contributed by atoms with Gasteiger partial charge in [0.25, 0.3) is 0 Å². The van der Waals surface area contributed by atoms with Gasteiger partial charge in [0.05, 0.1) is 98.0 Å². The number of hydrogen-bond donors (Lipinski definition) is 6. The first kappa shape index (κ1) is 81.9. The molecule has 0 amide bonds. The van der Waals surface area contributed by atoms with Crippen molar-refractivity contribution in [2.24, 2.45) is 0 Å². The molecule has 0 radical (unpaired) electrons. The quantitative estimate of drug-likeness (QED) is 0.0470. The molecule has 15 aromatic rings. The van der Waals surface area contributed by atoms with Crippen LogP contribution in [0.25, 0.3) is 99.5 Å². The van der Waals surface area contributed by atoms with Crippen LogP contribution in [0.4, 0.5) is 17.5 Å². The number of piperidine rings is 3. The summed E-state index contributed by atoms with van der Waals surface area (Å²) in [7, 11) is -9.67. The summed E-state index contributed by atoms with van der Waals surface area (Å²) >= 11 is 6.57. The molecule has 0 unspecified atom stereocenters. The molecule has 0 saturated carbocycles. The van der Waals surface area contributed by atoms with Gasteiger partial charge >= 0.3 is 0 Å². The fourth-order valence-electron chi connectivity index (χ4n) is 14.1. The van der Waals surface area contributed by atoms with Gasteiger partial charge in [-0.15, -0.1) is 0 Å². The average Bonchev–Trinajstić information content (AvgIpc) is 1.58. The number of benzene rings is 3. The number of ether oxygens (including phenoxy) is 3. The van der Waals surface area contributed by atoms with Crippen molar-refractivity contribution in [2.75, 3.05) is 75.2 Å². The van der Waals surface area contributed by atoms with Crippen molar-refractivity contribution in [1.82, 2.24) is 128 Å². The number of halogens is 1. The molecule has 3 saturated heterocycles. The Morgan fingerprint density at radius 2 is 0.836 bits per heavy atom. The summed E-state index contributed by atoms with van der Waals surface area (Å²) in [6.45, 7) is 5.16. The molecule has 3 fully saturated rings. The van der Waals surface area contributed by atoms with E-state index in [9.17, 15) is 25.3 Å². The van der Waals surface area contributed by atoms with Crippen molar-refractivity contribution < 1.29 is 39.5 Å². The maximum Gasteiger partial charge on any atom is 0.225 e. The lowest BCUT2D eigenvalue weighted by Crippen LogP contribution is -2.41. The van der Waals surface area contributed by atoms with Gasteiger partial charge in [0.2, 0.25) is 47.7 Å². The monoisotopic (exact) mass is 1660 g/mol. The van der Waals surface area contributed by atoms with E-state index in [1.54, 1.807) is 57.3 Å². The number of H-pyrrole nitrogens is 3. The summed E-state index contributed by atoms with van der Waals surface area (Å²) in [5.74, 6) is 3.27. The first-order valence-corrected chi connectivity index (χ1v) is 41.7. The molecule has 3 aliphatic heterocycles. The third kappa shape index (κ3) is 17.1. The Balaban J connectivity index is 0.000000149. The first-order chi connectivity index (χ1) is 54.4. The molecule has 606 valence electrons. The average molecular weight is 1660 g/mol. The Morgan fingerprint density at radius 3 is 1.27 bits per heavy atom. The van der Waals surface area contributed by atoms with Crippen molar-refractivity contribution in [3.63, 3.8) is 0 Å². The Kier molecular flexibility index (Phi) is 23.8. The fourth-order valence-corrected chi connectivity index (χ4v) is 17.0. The lowest BCUT2D eigenvalue weighted by molar-refractivity contribution is 0.131. The molecule has 18 rings (SSSR count). The lowest BCUT2D eigenvalue weighted by Gasteiger charge is -2.30. The molecule has 116 heavy (non-hydrogen) atoms. The molecular formula is C74H86ClN29O9S3. The number of aryl methyl sites for hydroxylation is 1. The molecule has 38 nitrogen and oxygen atoms in total. The molecule has 0 aliphatic carbocycles. The highest BCUT2D eigenvalue weighted by molar-refractivity contribution is 7.88. The van der Waals surface area contributed by atoms with Crippen molar-refractivity contribution in [3.05, 3.63) is 151 Å². The summed E-state index contributed by atoms with van der Waals surface area (Å²) in [6.07, 6.45) is 21.0. The van der Waals surface area contributed by atoms with E-state index in [-0.39, 0.29) is 60.2 Å². The number of nitrogens with one attached hydrogen (secondary N) is 3. The number of sulfonamides is 3. The minimum atomic E-state index is -3.23. The standard InChI is InChI=1S/C24H24ClN9O3S.C24H26N10O3S.C23H24N10O3S.3CH4/c1-38(35,36)33-7-5-17(6-8-33)37-24-19-14(3-2-4-18(19)25)9-16(31-24)12-34-23-20(22(26)27-13-28-23)21(32-34)15-10-29-30-11-15;1-14-4-3-5-17-19(14)24(37-16-6-8-33(9-7-16)38(2,35)36)31-18(30-17)12-34-23-20(22(25)26-13-27-23)21(32-34)15-10-28-29-11-15;1-37(34,35)32-8-6-15(7-9-32)36-23-16-4-2-3-5-17(16)29-18(30-23)12-33-22-19(21(24)25-13-26-22)20(31-33)14-10-27-28-11-14;;;/h2-4,9-11,13,17H,5-8,12H2,1H3,(H,29,30)(H2,26,27,28);3-5,10-11,13,16H,6-9,12H2,1-2H3,(H,28,29)(H2,25,26,27);2-5,10-11,13,15H,6-9,12H2,1H3,(H,27,28)(H2,24,25,26);3*1H4. The van der Waals surface area contributed by atoms with Crippen LogP contribution in [0.15, 0.2) is 123 Å². The van der Waals surface area contributed by atoms with Crippen LogP contribution in [-0.4, -0.2) is 229 Å². The summed E-state index contributed by atoms with van der Waals surface area (Å²) in [5, 5.41) is 40.3. The second kappa shape index (κ2) is 33.7. The molecule has 0 spiro atoms. The van der Waals surface area contributed by atoms with E-state index in [1.165, 1.54) is 50.7 Å². The number of aromatic amines is 3. The summed E-state index contributed by atoms with van der Waals surface area (Å²) < 4.78 is 100.0. The van der Waals surface area contributed by atoms with Gasteiger partial charge in [0.15, 0.2) is 28.6 Å². The largest absolute Gasteiger partial charge is 0.474 e. The van der Waals surface area contributed by atoms with Crippen LogP contribution >= 0.6 is 11.6 Å². The fraction of sp³-hybridized carbons (Fsp3) is 0.338. The molecule has 0 bridgehead atoms. The van der Waals surface area contributed by atoms with Crippen LogP contribution < -0.4 is 31.4 Å². The zero-order valence-electron chi connectivity index (χ0n) is 61.2. The number of hydrogen-bond acceptors (Lipinski definition) is 29. The van der Waals surface area contributed by atoms with Crippen LogP contribution in [0, 0.1) is 6.92 Å². The second-order valence-corrected chi connectivity index (χ2v) is 33.8. The Hall–Kier alpha value is -12.2. The molecule has 12 aromatic heterocycles. The van der Waals surface area contributed by atoms with E-state index in [1.807, 2.05) is 67.6 Å². The van der Waals surface area contributed by atoms with E-state index >= 15 is 0 Å². The molecule has 9 N–H and O–H groups in total. The number of nitrogens with zero attached hydrogens (tertiary/aromatic N) is 23. The van der Waals surface area contributed by atoms with Gasteiger partial charge in [-0.05, 0) is 86.7 Å². The Morgan fingerprint density at radius 1 is 0.448 bits per heavy atom. The van der Waals surface area contributed by atoms with Gasteiger partial charge in [-0.3, -0.25) is 15.3 Å². The second-order valence-electron chi connectivity index (χ2n) is 27.4. The van der Waals surface area contributed by atoms with Crippen LogP contribution in [0.2, 0.25) is 5.02 Å². The minimum absolute atomic E-state index is 0. The zero-order chi connectivity index (χ0) is 78.5. The van der Waals surface area contributed by atoms with Gasteiger partial charge in [0.1, 0.15) is 84.9 Å². The number of para-hydroxylation sites is 1. The van der Waals surface area contributed by atoms with Crippen molar-refractivity contribution in [1.29, 1.82) is 0 Å². The third-order valence-electron chi connectivity index (χ3n) is 19.7. The van der Waals surface area contributed by atoms with E-state index < -0.39 is 30.1 Å². The van der Waals surface area contributed by atoms with Gasteiger partial charge in [-0.1, -0.05) is 70.3 Å². The summed E-state index contributed by atoms with van der Waals surface area (Å²) in [4.78, 5) is 49.6. The van der Waals surface area contributed by atoms with Crippen molar-refractivity contribution in [3.8, 4) is 51.4 Å². The Labute approximate surface area is 671 Å². The first-order valence-electron chi connectivity index (χ1n) is 35.8. The van der Waals surface area contributed by atoms with E-state index in [4.69, 9.17) is 83.2 Å². The number of aromatic nitrogens is 23. The molecule has 3 aliphatic rings. The smallest absolute Gasteiger partial charge is 0.225 e. The molecular weight excluding hydrogens is 1570 g/mol. The zero-order valence-corrected chi connectivity index (χ0v) is 64.4. The summed E-state index contributed by atoms with van der Waals surface area (Å²) in [5.41, 5.74) is 27.5. The maximum absolute atomic E-state index is 11.9. The maximum atomic E-state index is 11.9. The van der Waals surface area contributed by atoms with Crippen LogP contribution in [0.1, 0.15) is 83.7 Å². The lowest BCUT2D eigenvalue weighted by atomic mass is 10.1. The number of fused-ring (bicyclic) bond motifs is 6. The number of nitrogens with two attached hydrogens (primary N) is 3. The molecule has 15 heterocycles. The van der Waals surface area contributed by atoms with Crippen LogP contribution in [-0.2, 0) is 49.7 Å². The van der Waals surface area contributed by atoms with Crippen molar-refractivity contribution >= 4 is 125 Å². The molecule has 0 atom stereocenters. The normalized spacial score (nSPS) is 15.0. The van der Waals surface area contributed by atoms with E-state index in [0.717, 1.165) is 49.4 Å². The van der Waals surface area contributed by atoms with E-state index in [2.05, 4.69) is 60.5 Å². The minimum Gasteiger partial charge on any atom is -0.474 e. The predicted octanol–water partition coefficient (Wildman–Crippen LogP) is 8.25. The number of anilines is 3. The van der Waals surface area contributed by atoms with Gasteiger partial charge in [-0.25, -0.2) is 97.1 Å². The Bertz CT molecular complexity index is 6150. The number of rotatable bonds is 18. The highest BCUT2D eigenvalue weighted by atomic mass is 35.5. The van der Waals surface area contributed by atoms with Crippen LogP contribution in [0.5, 0.6) is 17.6 Å². The summed E-state index contributed by atoms with van der Waals surface area (Å²) in [6, 6.07) is 21.0. The number of pyridine rings is 1. The highest BCUT2D eigenvalue weighted by Crippen LogP contribution is 2.38. The van der Waals surface area contributed by atoms with E-state index in [0.29, 0.717) is 191 Å². The van der Waals surface area contributed by atoms with Gasteiger partial charge < -0.3 is 31.4 Å².